The molecule has 0 atom stereocenters. The summed E-state index contributed by atoms with van der Waals surface area (Å²) in [5, 5.41) is 0.320. The summed E-state index contributed by atoms with van der Waals surface area (Å²) in [6.07, 6.45) is 1.51. The Morgan fingerprint density at radius 2 is 1.88 bits per heavy atom. The first-order valence-electron chi connectivity index (χ1n) is 4.87. The second-order valence-corrected chi connectivity index (χ2v) is 3.99. The average Bonchev–Trinajstić information content (AvgIpc) is 2.29. The molecule has 2 rings (SSSR count). The van der Waals surface area contributed by atoms with E-state index in [2.05, 4.69) is 4.98 Å². The monoisotopic (exact) mass is 254 g/mol. The first-order valence-corrected chi connectivity index (χ1v) is 5.25. The molecule has 0 aliphatic rings. The molecule has 1 aromatic carbocycles. The lowest BCUT2D eigenvalue weighted by Crippen LogP contribution is -1.98. The van der Waals surface area contributed by atoms with Gasteiger partial charge in [-0.15, -0.1) is 0 Å². The van der Waals surface area contributed by atoms with Crippen LogP contribution < -0.4 is 5.73 Å². The molecule has 0 aliphatic carbocycles. The maximum atomic E-state index is 13.8. The lowest BCUT2D eigenvalue weighted by molar-refractivity contribution is 0.514. The van der Waals surface area contributed by atoms with Crippen molar-refractivity contribution >= 4 is 17.3 Å². The number of anilines is 1. The van der Waals surface area contributed by atoms with Gasteiger partial charge >= 0.3 is 0 Å². The second kappa shape index (κ2) is 4.30. The molecule has 0 fully saturated rings. The maximum absolute atomic E-state index is 13.8. The van der Waals surface area contributed by atoms with Gasteiger partial charge < -0.3 is 5.73 Å². The van der Waals surface area contributed by atoms with Gasteiger partial charge in [-0.05, 0) is 25.1 Å². The Kier molecular flexibility index (Phi) is 2.98. The lowest BCUT2D eigenvalue weighted by atomic mass is 10.0. The van der Waals surface area contributed by atoms with E-state index in [1.165, 1.54) is 24.4 Å². The van der Waals surface area contributed by atoms with Crippen molar-refractivity contribution in [1.82, 2.24) is 4.98 Å². The normalized spacial score (nSPS) is 10.6. The molecule has 0 spiro atoms. The number of pyridine rings is 1. The summed E-state index contributed by atoms with van der Waals surface area (Å²) in [5.74, 6) is -2.08. The van der Waals surface area contributed by atoms with Crippen LogP contribution in [0.4, 0.5) is 14.5 Å². The number of hydrogen-bond donors (Lipinski definition) is 1. The van der Waals surface area contributed by atoms with E-state index in [1.807, 2.05) is 0 Å². The fourth-order valence-electron chi connectivity index (χ4n) is 1.62. The molecule has 0 amide bonds. The van der Waals surface area contributed by atoms with Gasteiger partial charge in [0.1, 0.15) is 0 Å². The number of aromatic nitrogens is 1. The fraction of sp³-hybridized carbons (Fsp3) is 0.0833. The van der Waals surface area contributed by atoms with Crippen molar-refractivity contribution < 1.29 is 8.78 Å². The Balaban J connectivity index is 2.74. The number of nitrogen functional groups attached to an aromatic ring is 1. The number of nitrogens with zero attached hydrogens (tertiary/aromatic N) is 1. The quantitative estimate of drug-likeness (QED) is 0.790. The standard InChI is InChI=1S/C12H9ClF2N2/c1-6-10(8(13)4-5-17-6)7-2-3-9(16)12(15)11(7)14/h2-5H,16H2,1H3. The molecule has 0 bridgehead atoms. The first kappa shape index (κ1) is 11.8. The number of aryl methyl sites for hydroxylation is 1. The van der Waals surface area contributed by atoms with E-state index in [0.717, 1.165) is 0 Å². The molecule has 0 aliphatic heterocycles. The number of halogens is 3. The largest absolute Gasteiger partial charge is 0.396 e. The van der Waals surface area contributed by atoms with E-state index in [9.17, 15) is 8.78 Å². The van der Waals surface area contributed by atoms with Gasteiger partial charge in [0.15, 0.2) is 11.6 Å². The molecule has 0 saturated carbocycles. The lowest BCUT2D eigenvalue weighted by Gasteiger charge is -2.10. The summed E-state index contributed by atoms with van der Waals surface area (Å²) in [6, 6.07) is 4.22. The smallest absolute Gasteiger partial charge is 0.182 e. The number of rotatable bonds is 1. The van der Waals surface area contributed by atoms with Crippen molar-refractivity contribution in [3.05, 3.63) is 46.7 Å². The van der Waals surface area contributed by atoms with Crippen LogP contribution in [0.15, 0.2) is 24.4 Å². The van der Waals surface area contributed by atoms with Crippen LogP contribution in [0.25, 0.3) is 11.1 Å². The summed E-state index contributed by atoms with van der Waals surface area (Å²) >= 11 is 5.97. The Morgan fingerprint density at radius 1 is 1.18 bits per heavy atom. The molecule has 1 aromatic heterocycles. The highest BCUT2D eigenvalue weighted by molar-refractivity contribution is 6.33. The molecule has 2 aromatic rings. The average molecular weight is 255 g/mol. The third kappa shape index (κ3) is 1.96. The van der Waals surface area contributed by atoms with Gasteiger partial charge in [-0.25, -0.2) is 8.78 Å². The van der Waals surface area contributed by atoms with Crippen molar-refractivity contribution in [2.75, 3.05) is 5.73 Å². The molecule has 88 valence electrons. The summed E-state index contributed by atoms with van der Waals surface area (Å²) in [6.45, 7) is 1.68. The van der Waals surface area contributed by atoms with Crippen molar-refractivity contribution in [3.63, 3.8) is 0 Å². The zero-order valence-electron chi connectivity index (χ0n) is 8.97. The van der Waals surface area contributed by atoms with E-state index < -0.39 is 11.6 Å². The molecule has 2 nitrogen and oxygen atoms in total. The minimum Gasteiger partial charge on any atom is -0.396 e. The SMILES string of the molecule is Cc1nccc(Cl)c1-c1ccc(N)c(F)c1F. The van der Waals surface area contributed by atoms with Crippen LogP contribution in [0.2, 0.25) is 5.02 Å². The van der Waals surface area contributed by atoms with Gasteiger partial charge in [0.25, 0.3) is 0 Å². The molecular formula is C12H9ClF2N2. The molecule has 0 radical (unpaired) electrons. The van der Waals surface area contributed by atoms with Crippen molar-refractivity contribution in [2.24, 2.45) is 0 Å². The molecule has 0 unspecified atom stereocenters. The van der Waals surface area contributed by atoms with Crippen LogP contribution in [-0.2, 0) is 0 Å². The molecule has 5 heteroatoms. The zero-order chi connectivity index (χ0) is 12.6. The summed E-state index contributed by atoms with van der Waals surface area (Å²) < 4.78 is 27.1. The number of benzene rings is 1. The predicted molar refractivity (Wildman–Crippen MR) is 63.7 cm³/mol. The summed E-state index contributed by atoms with van der Waals surface area (Å²) in [4.78, 5) is 4.00. The molecule has 1 heterocycles. The van der Waals surface area contributed by atoms with Crippen LogP contribution in [0, 0.1) is 18.6 Å². The third-order valence-electron chi connectivity index (χ3n) is 2.47. The summed E-state index contributed by atoms with van der Waals surface area (Å²) in [7, 11) is 0. The Morgan fingerprint density at radius 3 is 2.53 bits per heavy atom. The second-order valence-electron chi connectivity index (χ2n) is 3.58. The Labute approximate surface area is 102 Å². The van der Waals surface area contributed by atoms with Gasteiger partial charge in [-0.2, -0.15) is 0 Å². The van der Waals surface area contributed by atoms with E-state index in [4.69, 9.17) is 17.3 Å². The molecule has 2 N–H and O–H groups in total. The number of hydrogen-bond acceptors (Lipinski definition) is 2. The van der Waals surface area contributed by atoms with Gasteiger partial charge in [0.05, 0.1) is 10.7 Å². The predicted octanol–water partition coefficient (Wildman–Crippen LogP) is 3.57. The van der Waals surface area contributed by atoms with E-state index in [1.54, 1.807) is 6.92 Å². The van der Waals surface area contributed by atoms with Gasteiger partial charge in [-0.1, -0.05) is 11.6 Å². The van der Waals surface area contributed by atoms with Crippen LogP contribution in [0.3, 0.4) is 0 Å². The highest BCUT2D eigenvalue weighted by atomic mass is 35.5. The van der Waals surface area contributed by atoms with Crippen molar-refractivity contribution in [1.29, 1.82) is 0 Å². The van der Waals surface area contributed by atoms with Gasteiger partial charge in [0, 0.05) is 23.0 Å². The maximum Gasteiger partial charge on any atom is 0.182 e. The van der Waals surface area contributed by atoms with Crippen LogP contribution in [0.5, 0.6) is 0 Å². The Bertz CT molecular complexity index is 565. The van der Waals surface area contributed by atoms with E-state index in [-0.39, 0.29) is 11.3 Å². The van der Waals surface area contributed by atoms with Gasteiger partial charge in [0.2, 0.25) is 0 Å². The molecular weight excluding hydrogens is 246 g/mol. The Hall–Kier alpha value is -1.68. The van der Waals surface area contributed by atoms with Crippen LogP contribution in [0.1, 0.15) is 5.69 Å². The van der Waals surface area contributed by atoms with Gasteiger partial charge in [-0.3, -0.25) is 4.98 Å². The minimum absolute atomic E-state index is 0.0623. The highest BCUT2D eigenvalue weighted by Gasteiger charge is 2.17. The van der Waals surface area contributed by atoms with Crippen molar-refractivity contribution in [3.8, 4) is 11.1 Å². The minimum atomic E-state index is -1.07. The molecule has 17 heavy (non-hydrogen) atoms. The third-order valence-corrected chi connectivity index (χ3v) is 2.79. The first-order chi connectivity index (χ1) is 8.02. The molecule has 0 saturated heterocycles. The van der Waals surface area contributed by atoms with E-state index >= 15 is 0 Å². The van der Waals surface area contributed by atoms with Crippen molar-refractivity contribution in [2.45, 2.75) is 6.92 Å². The zero-order valence-corrected chi connectivity index (χ0v) is 9.72. The van der Waals surface area contributed by atoms with Crippen LogP contribution in [-0.4, -0.2) is 4.98 Å². The fourth-order valence-corrected chi connectivity index (χ4v) is 1.91. The highest BCUT2D eigenvalue weighted by Crippen LogP contribution is 2.33. The summed E-state index contributed by atoms with van der Waals surface area (Å²) in [5.41, 5.74) is 6.02. The van der Waals surface area contributed by atoms with Crippen LogP contribution >= 0.6 is 11.6 Å². The number of nitrogens with two attached hydrogens (primary N) is 1. The van der Waals surface area contributed by atoms with E-state index in [0.29, 0.717) is 16.3 Å². The topological polar surface area (TPSA) is 38.9 Å².